The third-order valence-corrected chi connectivity index (χ3v) is 4.14. The van der Waals surface area contributed by atoms with Gasteiger partial charge in [-0.2, -0.15) is 5.26 Å². The molecule has 7 heteroatoms. The molecule has 3 rings (SSSR count). The highest BCUT2D eigenvalue weighted by Crippen LogP contribution is 2.20. The van der Waals surface area contributed by atoms with Gasteiger partial charge >= 0.3 is 0 Å². The van der Waals surface area contributed by atoms with Crippen molar-refractivity contribution >= 4 is 5.82 Å². The van der Waals surface area contributed by atoms with Gasteiger partial charge in [-0.1, -0.05) is 18.2 Å². The standard InChI is InChI=1S/C17H17FN4O2/c18-14-4-2-1-3-11(14)9-15-20-16(13(10-19)17(24)21-15)22-7-5-12(23)6-8-22/h1-4,12,23H,5-9H2,(H,20,21,24). The fourth-order valence-electron chi connectivity index (χ4n) is 2.82. The molecule has 124 valence electrons. The second-order valence-electron chi connectivity index (χ2n) is 5.81. The number of halogens is 1. The van der Waals surface area contributed by atoms with Gasteiger partial charge in [0.1, 0.15) is 17.7 Å². The Kier molecular flexibility index (Phi) is 4.58. The van der Waals surface area contributed by atoms with Gasteiger partial charge in [0.15, 0.2) is 11.4 Å². The van der Waals surface area contributed by atoms with E-state index in [-0.39, 0.29) is 23.9 Å². The quantitative estimate of drug-likeness (QED) is 0.887. The fourth-order valence-corrected chi connectivity index (χ4v) is 2.82. The Bertz CT molecular complexity index is 835. The van der Waals surface area contributed by atoms with Crippen molar-refractivity contribution in [2.75, 3.05) is 18.0 Å². The molecule has 0 unspecified atom stereocenters. The van der Waals surface area contributed by atoms with Crippen molar-refractivity contribution in [3.8, 4) is 6.07 Å². The summed E-state index contributed by atoms with van der Waals surface area (Å²) in [7, 11) is 0. The summed E-state index contributed by atoms with van der Waals surface area (Å²) < 4.78 is 13.8. The third-order valence-electron chi connectivity index (χ3n) is 4.14. The van der Waals surface area contributed by atoms with Crippen molar-refractivity contribution in [1.82, 2.24) is 9.97 Å². The van der Waals surface area contributed by atoms with E-state index in [0.717, 1.165) is 0 Å². The average Bonchev–Trinajstić information content (AvgIpc) is 2.57. The first-order chi connectivity index (χ1) is 11.6. The molecule has 1 aliphatic heterocycles. The molecule has 1 aromatic heterocycles. The molecular weight excluding hydrogens is 311 g/mol. The number of hydrogen-bond acceptors (Lipinski definition) is 5. The number of H-pyrrole nitrogens is 1. The van der Waals surface area contributed by atoms with Crippen molar-refractivity contribution in [2.45, 2.75) is 25.4 Å². The third kappa shape index (κ3) is 3.29. The largest absolute Gasteiger partial charge is 0.393 e. The molecule has 0 saturated carbocycles. The number of piperidine rings is 1. The number of anilines is 1. The molecule has 1 aliphatic rings. The lowest BCUT2D eigenvalue weighted by molar-refractivity contribution is 0.145. The van der Waals surface area contributed by atoms with E-state index in [0.29, 0.717) is 43.1 Å². The van der Waals surface area contributed by atoms with Gasteiger partial charge in [0.25, 0.3) is 5.56 Å². The molecule has 2 aromatic rings. The summed E-state index contributed by atoms with van der Waals surface area (Å²) >= 11 is 0. The molecule has 24 heavy (non-hydrogen) atoms. The van der Waals surface area contributed by atoms with Crippen LogP contribution in [0, 0.1) is 17.1 Å². The van der Waals surface area contributed by atoms with Crippen LogP contribution in [-0.4, -0.2) is 34.3 Å². The summed E-state index contributed by atoms with van der Waals surface area (Å²) in [5, 5.41) is 18.9. The summed E-state index contributed by atoms with van der Waals surface area (Å²) in [5.74, 6) is 0.247. The number of aromatic amines is 1. The summed E-state index contributed by atoms with van der Waals surface area (Å²) in [6.07, 6.45) is 0.882. The predicted octanol–water partition coefficient (Wildman–Crippen LogP) is 1.33. The number of aromatic nitrogens is 2. The number of nitrogens with zero attached hydrogens (tertiary/aromatic N) is 3. The van der Waals surface area contributed by atoms with Gasteiger partial charge in [-0.05, 0) is 24.5 Å². The topological polar surface area (TPSA) is 93.0 Å². The number of hydrogen-bond donors (Lipinski definition) is 2. The van der Waals surface area contributed by atoms with Crippen molar-refractivity contribution in [3.05, 3.63) is 57.4 Å². The molecule has 0 amide bonds. The van der Waals surface area contributed by atoms with Crippen LogP contribution in [0.2, 0.25) is 0 Å². The minimum Gasteiger partial charge on any atom is -0.393 e. The number of aliphatic hydroxyl groups excluding tert-OH is 1. The van der Waals surface area contributed by atoms with E-state index in [2.05, 4.69) is 9.97 Å². The first-order valence-electron chi connectivity index (χ1n) is 7.78. The Morgan fingerprint density at radius 3 is 2.75 bits per heavy atom. The van der Waals surface area contributed by atoms with Gasteiger partial charge < -0.3 is 15.0 Å². The molecule has 2 N–H and O–H groups in total. The molecule has 0 radical (unpaired) electrons. The fraction of sp³-hybridized carbons (Fsp3) is 0.353. The van der Waals surface area contributed by atoms with Crippen molar-refractivity contribution in [3.63, 3.8) is 0 Å². The van der Waals surface area contributed by atoms with Crippen LogP contribution < -0.4 is 10.5 Å². The Morgan fingerprint density at radius 2 is 2.08 bits per heavy atom. The number of nitriles is 1. The zero-order valence-electron chi connectivity index (χ0n) is 13.0. The zero-order valence-corrected chi connectivity index (χ0v) is 13.0. The molecule has 1 fully saturated rings. The lowest BCUT2D eigenvalue weighted by atomic mass is 10.1. The van der Waals surface area contributed by atoms with Crippen LogP contribution >= 0.6 is 0 Å². The molecule has 1 saturated heterocycles. The van der Waals surface area contributed by atoms with Crippen LogP contribution in [0.4, 0.5) is 10.2 Å². The minimum absolute atomic E-state index is 0.0522. The van der Waals surface area contributed by atoms with Gasteiger partial charge in [0.05, 0.1) is 6.10 Å². The first kappa shape index (κ1) is 16.1. The maximum atomic E-state index is 13.8. The molecule has 0 atom stereocenters. The summed E-state index contributed by atoms with van der Waals surface area (Å²) in [4.78, 5) is 21.0. The predicted molar refractivity (Wildman–Crippen MR) is 86.2 cm³/mol. The molecule has 1 aromatic carbocycles. The van der Waals surface area contributed by atoms with E-state index in [4.69, 9.17) is 0 Å². The SMILES string of the molecule is N#Cc1c(N2CCC(O)CC2)nc(Cc2ccccc2F)[nH]c1=O. The van der Waals surface area contributed by atoms with E-state index < -0.39 is 5.56 Å². The van der Waals surface area contributed by atoms with Crippen LogP contribution in [0.25, 0.3) is 0 Å². The number of benzene rings is 1. The normalized spacial score (nSPS) is 15.3. The van der Waals surface area contributed by atoms with E-state index in [1.54, 1.807) is 18.2 Å². The van der Waals surface area contributed by atoms with Gasteiger partial charge in [-0.15, -0.1) is 0 Å². The van der Waals surface area contributed by atoms with Crippen molar-refractivity contribution in [2.24, 2.45) is 0 Å². The van der Waals surface area contributed by atoms with E-state index in [1.807, 2.05) is 11.0 Å². The highest BCUT2D eigenvalue weighted by Gasteiger charge is 2.23. The number of aliphatic hydroxyl groups is 1. The van der Waals surface area contributed by atoms with Gasteiger partial charge in [0.2, 0.25) is 0 Å². The Balaban J connectivity index is 1.96. The minimum atomic E-state index is -0.528. The molecule has 2 heterocycles. The van der Waals surface area contributed by atoms with E-state index in [1.165, 1.54) is 6.07 Å². The summed E-state index contributed by atoms with van der Waals surface area (Å²) in [6.45, 7) is 1.04. The average molecular weight is 328 g/mol. The highest BCUT2D eigenvalue weighted by molar-refractivity contribution is 5.53. The second kappa shape index (κ2) is 6.81. The monoisotopic (exact) mass is 328 g/mol. The Morgan fingerprint density at radius 1 is 1.38 bits per heavy atom. The van der Waals surface area contributed by atoms with E-state index >= 15 is 0 Å². The number of nitrogens with one attached hydrogen (secondary N) is 1. The summed E-state index contributed by atoms with van der Waals surface area (Å²) in [5.41, 5.74) is -0.158. The smallest absolute Gasteiger partial charge is 0.271 e. The van der Waals surface area contributed by atoms with Gasteiger partial charge in [-0.25, -0.2) is 9.37 Å². The highest BCUT2D eigenvalue weighted by atomic mass is 19.1. The number of rotatable bonds is 3. The first-order valence-corrected chi connectivity index (χ1v) is 7.78. The lowest BCUT2D eigenvalue weighted by Crippen LogP contribution is -2.38. The molecule has 6 nitrogen and oxygen atoms in total. The zero-order chi connectivity index (χ0) is 17.1. The van der Waals surface area contributed by atoms with Crippen LogP contribution in [0.3, 0.4) is 0 Å². The van der Waals surface area contributed by atoms with Crippen LogP contribution in [0.1, 0.15) is 29.8 Å². The Hall–Kier alpha value is -2.72. The van der Waals surface area contributed by atoms with Crippen LogP contribution in [0.5, 0.6) is 0 Å². The molecule has 0 bridgehead atoms. The maximum Gasteiger partial charge on any atom is 0.271 e. The van der Waals surface area contributed by atoms with Crippen LogP contribution in [0.15, 0.2) is 29.1 Å². The molecule has 0 aliphatic carbocycles. The second-order valence-corrected chi connectivity index (χ2v) is 5.81. The van der Waals surface area contributed by atoms with Gasteiger partial charge in [0, 0.05) is 19.5 Å². The summed E-state index contributed by atoms with van der Waals surface area (Å²) in [6, 6.07) is 8.18. The van der Waals surface area contributed by atoms with Gasteiger partial charge in [-0.3, -0.25) is 4.79 Å². The maximum absolute atomic E-state index is 13.8. The lowest BCUT2D eigenvalue weighted by Gasteiger charge is -2.31. The van der Waals surface area contributed by atoms with Crippen LogP contribution in [-0.2, 0) is 6.42 Å². The van der Waals surface area contributed by atoms with Crippen molar-refractivity contribution in [1.29, 1.82) is 5.26 Å². The van der Waals surface area contributed by atoms with Crippen molar-refractivity contribution < 1.29 is 9.50 Å². The van der Waals surface area contributed by atoms with E-state index in [9.17, 15) is 19.6 Å². The molecule has 0 spiro atoms. The Labute approximate surface area is 138 Å². The molecular formula is C17H17FN4O2.